The van der Waals surface area contributed by atoms with Gasteiger partial charge in [0.05, 0.1) is 11.4 Å². The molecule has 2 aromatic heterocycles. The largest absolute Gasteiger partial charge is 0.361 e. The average molecular weight is 313 g/mol. The fraction of sp³-hybridized carbons (Fsp3) is 0.333. The molecule has 0 aliphatic carbocycles. The molecular weight excluding hydrogens is 293 g/mol. The summed E-state index contributed by atoms with van der Waals surface area (Å²) in [5, 5.41) is 8.61. The fourth-order valence-electron chi connectivity index (χ4n) is 2.77. The summed E-state index contributed by atoms with van der Waals surface area (Å²) in [5.41, 5.74) is 4.80. The second-order valence-electron chi connectivity index (χ2n) is 5.65. The maximum absolute atomic E-state index is 13.5. The van der Waals surface area contributed by atoms with Crippen molar-refractivity contribution in [2.75, 3.05) is 0 Å². The molecule has 120 valence electrons. The second-order valence-corrected chi connectivity index (χ2v) is 5.65. The first-order valence-corrected chi connectivity index (χ1v) is 7.86. The second kappa shape index (κ2) is 6.36. The minimum absolute atomic E-state index is 0.217. The molecule has 3 rings (SSSR count). The number of aromatic nitrogens is 3. The van der Waals surface area contributed by atoms with Gasteiger partial charge in [0.2, 0.25) is 0 Å². The quantitative estimate of drug-likeness (QED) is 0.717. The highest BCUT2D eigenvalue weighted by molar-refractivity contribution is 5.67. The molecule has 0 saturated heterocycles. The Balaban J connectivity index is 2.00. The molecule has 0 saturated carbocycles. The van der Waals surface area contributed by atoms with Crippen LogP contribution in [0.1, 0.15) is 36.4 Å². The molecule has 5 heteroatoms. The predicted molar refractivity (Wildman–Crippen MR) is 86.7 cm³/mol. The maximum atomic E-state index is 13.5. The highest BCUT2D eigenvalue weighted by atomic mass is 19.1. The number of hydrogen-bond acceptors (Lipinski definition) is 3. The molecule has 2 heterocycles. The zero-order valence-electron chi connectivity index (χ0n) is 13.6. The molecule has 0 amide bonds. The molecule has 0 spiro atoms. The molecule has 0 bridgehead atoms. The van der Waals surface area contributed by atoms with E-state index < -0.39 is 0 Å². The van der Waals surface area contributed by atoms with E-state index >= 15 is 0 Å². The molecule has 3 aromatic rings. The summed E-state index contributed by atoms with van der Waals surface area (Å²) in [7, 11) is 1.89. The van der Waals surface area contributed by atoms with E-state index in [0.717, 1.165) is 46.7 Å². The van der Waals surface area contributed by atoms with Crippen molar-refractivity contribution < 1.29 is 8.91 Å². The number of halogens is 1. The SMILES string of the molecule is CCc1cc(Cc2cn(C)nc2-c2ccc(F)cc2CC)on1. The maximum Gasteiger partial charge on any atom is 0.141 e. The normalized spacial score (nSPS) is 11.1. The summed E-state index contributed by atoms with van der Waals surface area (Å²) >= 11 is 0. The Morgan fingerprint density at radius 3 is 2.65 bits per heavy atom. The summed E-state index contributed by atoms with van der Waals surface area (Å²) in [4.78, 5) is 0. The van der Waals surface area contributed by atoms with Crippen molar-refractivity contribution in [3.63, 3.8) is 0 Å². The Hall–Kier alpha value is -2.43. The standard InChI is InChI=1S/C18H20FN3O/c1-4-12-8-14(19)6-7-17(12)18-13(11-22(3)20-18)9-16-10-15(5-2)21-23-16/h6-8,10-11H,4-5,9H2,1-3H3. The Morgan fingerprint density at radius 2 is 1.96 bits per heavy atom. The van der Waals surface area contributed by atoms with Crippen LogP contribution in [0, 0.1) is 5.82 Å². The molecule has 1 aromatic carbocycles. The molecule has 0 aliphatic rings. The lowest BCUT2D eigenvalue weighted by Crippen LogP contribution is -1.94. The molecule has 0 N–H and O–H groups in total. The van der Waals surface area contributed by atoms with Crippen molar-refractivity contribution in [3.8, 4) is 11.3 Å². The number of aryl methyl sites for hydroxylation is 3. The minimum atomic E-state index is -0.217. The first-order chi connectivity index (χ1) is 11.1. The van der Waals surface area contributed by atoms with E-state index in [0.29, 0.717) is 6.42 Å². The molecule has 0 atom stereocenters. The van der Waals surface area contributed by atoms with Gasteiger partial charge < -0.3 is 4.52 Å². The number of rotatable bonds is 5. The highest BCUT2D eigenvalue weighted by Gasteiger charge is 2.16. The van der Waals surface area contributed by atoms with Gasteiger partial charge in [-0.15, -0.1) is 0 Å². The Labute approximate surface area is 134 Å². The van der Waals surface area contributed by atoms with Gasteiger partial charge in [-0.1, -0.05) is 19.0 Å². The van der Waals surface area contributed by atoms with Crippen LogP contribution in [0.3, 0.4) is 0 Å². The first-order valence-electron chi connectivity index (χ1n) is 7.86. The van der Waals surface area contributed by atoms with E-state index in [-0.39, 0.29) is 5.82 Å². The van der Waals surface area contributed by atoms with Crippen LogP contribution in [-0.2, 0) is 26.3 Å². The van der Waals surface area contributed by atoms with Gasteiger partial charge in [-0.3, -0.25) is 4.68 Å². The monoisotopic (exact) mass is 313 g/mol. The first kappa shape index (κ1) is 15.5. The van der Waals surface area contributed by atoms with E-state index in [1.165, 1.54) is 6.07 Å². The molecule has 0 aliphatic heterocycles. The summed E-state index contributed by atoms with van der Waals surface area (Å²) < 4.78 is 20.7. The van der Waals surface area contributed by atoms with Crippen LogP contribution < -0.4 is 0 Å². The van der Waals surface area contributed by atoms with Crippen molar-refractivity contribution in [1.29, 1.82) is 0 Å². The predicted octanol–water partition coefficient (Wildman–Crippen LogP) is 3.93. The van der Waals surface area contributed by atoms with Crippen molar-refractivity contribution in [2.24, 2.45) is 7.05 Å². The Bertz CT molecular complexity index is 820. The fourth-order valence-corrected chi connectivity index (χ4v) is 2.77. The number of nitrogens with zero attached hydrogens (tertiary/aromatic N) is 3. The molecular formula is C18H20FN3O. The highest BCUT2D eigenvalue weighted by Crippen LogP contribution is 2.28. The molecule has 0 fully saturated rings. The van der Waals surface area contributed by atoms with Gasteiger partial charge in [-0.05, 0) is 36.6 Å². The number of hydrogen-bond donors (Lipinski definition) is 0. The summed E-state index contributed by atoms with van der Waals surface area (Å²) in [5.74, 6) is 0.599. The third kappa shape index (κ3) is 3.18. The molecule has 4 nitrogen and oxygen atoms in total. The summed E-state index contributed by atoms with van der Waals surface area (Å²) in [6.45, 7) is 4.06. The van der Waals surface area contributed by atoms with Gasteiger partial charge in [-0.25, -0.2) is 4.39 Å². The molecule has 23 heavy (non-hydrogen) atoms. The zero-order valence-corrected chi connectivity index (χ0v) is 13.6. The lowest BCUT2D eigenvalue weighted by Gasteiger charge is -2.07. The van der Waals surface area contributed by atoms with E-state index in [1.807, 2.05) is 33.2 Å². The third-order valence-electron chi connectivity index (χ3n) is 3.94. The minimum Gasteiger partial charge on any atom is -0.361 e. The zero-order chi connectivity index (χ0) is 16.4. The van der Waals surface area contributed by atoms with E-state index in [2.05, 4.69) is 10.3 Å². The van der Waals surface area contributed by atoms with Crippen LogP contribution in [0.15, 0.2) is 35.0 Å². The van der Waals surface area contributed by atoms with E-state index in [1.54, 1.807) is 16.8 Å². The van der Waals surface area contributed by atoms with Crippen LogP contribution in [0.2, 0.25) is 0 Å². The van der Waals surface area contributed by atoms with Crippen LogP contribution in [0.4, 0.5) is 4.39 Å². The van der Waals surface area contributed by atoms with Crippen molar-refractivity contribution >= 4 is 0 Å². The summed E-state index contributed by atoms with van der Waals surface area (Å²) in [6.07, 6.45) is 4.20. The van der Waals surface area contributed by atoms with Crippen LogP contribution >= 0.6 is 0 Å². The molecule has 0 unspecified atom stereocenters. The van der Waals surface area contributed by atoms with Gasteiger partial charge >= 0.3 is 0 Å². The van der Waals surface area contributed by atoms with Crippen molar-refractivity contribution in [3.05, 3.63) is 58.9 Å². The average Bonchev–Trinajstić information content (AvgIpc) is 3.14. The van der Waals surface area contributed by atoms with Gasteiger partial charge in [0, 0.05) is 36.9 Å². The van der Waals surface area contributed by atoms with Gasteiger partial charge in [-0.2, -0.15) is 5.10 Å². The van der Waals surface area contributed by atoms with Gasteiger partial charge in [0.15, 0.2) is 0 Å². The van der Waals surface area contributed by atoms with Gasteiger partial charge in [0.25, 0.3) is 0 Å². The van der Waals surface area contributed by atoms with Crippen LogP contribution in [0.5, 0.6) is 0 Å². The van der Waals surface area contributed by atoms with Crippen LogP contribution in [0.25, 0.3) is 11.3 Å². The van der Waals surface area contributed by atoms with E-state index in [9.17, 15) is 4.39 Å². The Kier molecular flexibility index (Phi) is 4.28. The van der Waals surface area contributed by atoms with E-state index in [4.69, 9.17) is 4.52 Å². The van der Waals surface area contributed by atoms with Gasteiger partial charge in [0.1, 0.15) is 11.6 Å². The lowest BCUT2D eigenvalue weighted by molar-refractivity contribution is 0.384. The van der Waals surface area contributed by atoms with Crippen molar-refractivity contribution in [1.82, 2.24) is 14.9 Å². The van der Waals surface area contributed by atoms with Crippen molar-refractivity contribution in [2.45, 2.75) is 33.1 Å². The lowest BCUT2D eigenvalue weighted by atomic mass is 9.98. The topological polar surface area (TPSA) is 43.9 Å². The van der Waals surface area contributed by atoms with Crippen LogP contribution in [-0.4, -0.2) is 14.9 Å². The summed E-state index contributed by atoms with van der Waals surface area (Å²) in [6, 6.07) is 6.84. The number of benzene rings is 1. The molecule has 0 radical (unpaired) electrons. The smallest absolute Gasteiger partial charge is 0.141 e. The third-order valence-corrected chi connectivity index (χ3v) is 3.94. The Morgan fingerprint density at radius 1 is 1.13 bits per heavy atom.